The van der Waals surface area contributed by atoms with Crippen molar-refractivity contribution in [3.63, 3.8) is 0 Å². The second-order valence-electron chi connectivity index (χ2n) is 14.6. The van der Waals surface area contributed by atoms with Crippen molar-refractivity contribution in [3.8, 4) is 11.1 Å². The molecule has 8 heteroatoms. The van der Waals surface area contributed by atoms with Crippen molar-refractivity contribution in [1.29, 1.82) is 0 Å². The molecule has 0 bridgehead atoms. The third-order valence-electron chi connectivity index (χ3n) is 11.0. The van der Waals surface area contributed by atoms with Gasteiger partial charge < -0.3 is 18.9 Å². The summed E-state index contributed by atoms with van der Waals surface area (Å²) >= 11 is 9.22. The van der Waals surface area contributed by atoms with Crippen molar-refractivity contribution in [2.75, 3.05) is 0 Å². The highest BCUT2D eigenvalue weighted by Crippen LogP contribution is 2.43. The number of benzene rings is 10. The Labute approximate surface area is 383 Å². The summed E-state index contributed by atoms with van der Waals surface area (Å²) in [6.07, 6.45) is 0. The van der Waals surface area contributed by atoms with E-state index in [0.29, 0.717) is 5.46 Å². The highest BCUT2D eigenvalue weighted by Gasteiger charge is 2.19. The van der Waals surface area contributed by atoms with Crippen molar-refractivity contribution in [3.05, 3.63) is 195 Å². The highest BCUT2D eigenvalue weighted by molar-refractivity contribution is 14.1. The minimum absolute atomic E-state index is 0. The van der Waals surface area contributed by atoms with Gasteiger partial charge in [0.2, 0.25) is 0 Å². The summed E-state index contributed by atoms with van der Waals surface area (Å²) in [5, 5.41) is 32.7. The summed E-state index contributed by atoms with van der Waals surface area (Å²) in [6.45, 7) is 0. The zero-order chi connectivity index (χ0) is 40.9. The van der Waals surface area contributed by atoms with Gasteiger partial charge in [-0.1, -0.05) is 173 Å². The first-order chi connectivity index (χ1) is 29.3. The van der Waals surface area contributed by atoms with Gasteiger partial charge in [-0.2, -0.15) is 0 Å². The number of rotatable bonds is 2. The van der Waals surface area contributed by atoms with E-state index in [0.717, 1.165) is 69.0 Å². The van der Waals surface area contributed by atoms with Gasteiger partial charge in [-0.3, -0.25) is 0 Å². The van der Waals surface area contributed by atoms with Crippen molar-refractivity contribution < 1.29 is 18.9 Å². The van der Waals surface area contributed by atoms with Crippen LogP contribution in [-0.4, -0.2) is 17.2 Å². The predicted molar refractivity (Wildman–Crippen MR) is 274 cm³/mol. The molecule has 10 aromatic carbocycles. The third-order valence-corrected chi connectivity index (χ3v) is 12.6. The summed E-state index contributed by atoms with van der Waals surface area (Å²) in [7, 11) is -1.49. The van der Waals surface area contributed by atoms with Crippen LogP contribution in [0.4, 0.5) is 0 Å². The maximum absolute atomic E-state index is 9.50. The van der Waals surface area contributed by atoms with Gasteiger partial charge in [0.05, 0.1) is 0 Å². The fourth-order valence-electron chi connectivity index (χ4n) is 8.30. The molecular weight excluding hydrogens is 998 g/mol. The smallest absolute Gasteiger partial charge is 0.455 e. The number of halogens is 3. The van der Waals surface area contributed by atoms with Crippen molar-refractivity contribution in [2.24, 2.45) is 0 Å². The van der Waals surface area contributed by atoms with Gasteiger partial charge in [0, 0.05) is 44.8 Å². The van der Waals surface area contributed by atoms with Crippen molar-refractivity contribution in [2.45, 2.75) is 7.43 Å². The third kappa shape index (κ3) is 7.61. The van der Waals surface area contributed by atoms with Gasteiger partial charge in [0.25, 0.3) is 0 Å². The second kappa shape index (κ2) is 17.1. The Kier molecular flexibility index (Phi) is 11.5. The normalized spacial score (nSPS) is 11.2. The average molecular weight is 1030 g/mol. The molecule has 0 saturated heterocycles. The van der Waals surface area contributed by atoms with E-state index < -0.39 is 7.12 Å². The molecule has 2 N–H and O–H groups in total. The standard InChI is InChI=1S/C26H15BrO.C20H13BO3.C6H4BrI.CH4/c27-18-7-5-6-16(14-18)17-12-13-24-23(15-17)25-21-10-3-1-8-19(21)20-9-2-4-11-22(20)26(25)28-24;22-21(23)12-9-10-18-17(11-12)19-15-7-3-1-5-13(15)14-6-2-4-8-16(14)20(19)24-18;7-5-2-1-3-6(8)4-5;/h1-15H;1-11,22-23H;1-4H;1H4. The van der Waals surface area contributed by atoms with Crippen LogP contribution in [0.2, 0.25) is 0 Å². The van der Waals surface area contributed by atoms with E-state index in [1.807, 2.05) is 36.4 Å². The number of furan rings is 2. The number of hydrogen-bond donors (Lipinski definition) is 2. The molecule has 0 spiro atoms. The van der Waals surface area contributed by atoms with E-state index in [4.69, 9.17) is 8.83 Å². The van der Waals surface area contributed by atoms with Gasteiger partial charge in [-0.25, -0.2) is 0 Å². The maximum Gasteiger partial charge on any atom is 0.488 e. The molecule has 0 amide bonds. The molecule has 0 aliphatic rings. The first-order valence-electron chi connectivity index (χ1n) is 19.4. The molecule has 61 heavy (non-hydrogen) atoms. The lowest BCUT2D eigenvalue weighted by Gasteiger charge is -2.06. The largest absolute Gasteiger partial charge is 0.488 e. The van der Waals surface area contributed by atoms with Crippen LogP contribution in [0.3, 0.4) is 0 Å². The number of fused-ring (bicyclic) bond motifs is 16. The van der Waals surface area contributed by atoms with E-state index in [1.54, 1.807) is 18.2 Å². The molecule has 0 saturated carbocycles. The minimum atomic E-state index is -1.49. The van der Waals surface area contributed by atoms with Gasteiger partial charge in [0.15, 0.2) is 0 Å². The minimum Gasteiger partial charge on any atom is -0.455 e. The summed E-state index contributed by atoms with van der Waals surface area (Å²) < 4.78 is 16.0. The fraction of sp³-hybridized carbons (Fsp3) is 0.0189. The van der Waals surface area contributed by atoms with Gasteiger partial charge >= 0.3 is 7.12 Å². The summed E-state index contributed by atoms with van der Waals surface area (Å²) in [5.41, 5.74) is 6.32. The van der Waals surface area contributed by atoms with Gasteiger partial charge in [-0.05, 0) is 120 Å². The van der Waals surface area contributed by atoms with Crippen LogP contribution in [0.15, 0.2) is 200 Å². The molecule has 296 valence electrons. The van der Waals surface area contributed by atoms with Crippen LogP contribution >= 0.6 is 54.5 Å². The molecule has 0 atom stereocenters. The molecular formula is C53H36BBr2IO4. The van der Waals surface area contributed by atoms with E-state index in [2.05, 4.69) is 182 Å². The lowest BCUT2D eigenvalue weighted by molar-refractivity contribution is 0.426. The van der Waals surface area contributed by atoms with Gasteiger partial charge in [0.1, 0.15) is 22.3 Å². The lowest BCUT2D eigenvalue weighted by atomic mass is 9.79. The Morgan fingerprint density at radius 3 is 1.30 bits per heavy atom. The van der Waals surface area contributed by atoms with Crippen LogP contribution in [0.1, 0.15) is 7.43 Å². The first kappa shape index (κ1) is 40.9. The Bertz CT molecular complexity index is 3580. The van der Waals surface area contributed by atoms with Crippen LogP contribution in [0, 0.1) is 3.57 Å². The van der Waals surface area contributed by atoms with E-state index in [1.165, 1.54) is 41.6 Å². The molecule has 2 heterocycles. The second-order valence-corrected chi connectivity index (χ2v) is 17.7. The zero-order valence-electron chi connectivity index (χ0n) is 31.7. The van der Waals surface area contributed by atoms with E-state index in [-0.39, 0.29) is 7.43 Å². The highest BCUT2D eigenvalue weighted by atomic mass is 127. The van der Waals surface area contributed by atoms with Crippen molar-refractivity contribution in [1.82, 2.24) is 0 Å². The van der Waals surface area contributed by atoms with Crippen LogP contribution in [0.5, 0.6) is 0 Å². The molecule has 0 aliphatic carbocycles. The lowest BCUT2D eigenvalue weighted by Crippen LogP contribution is -2.29. The molecule has 0 fully saturated rings. The Morgan fingerprint density at radius 1 is 0.393 bits per heavy atom. The summed E-state index contributed by atoms with van der Waals surface area (Å²) in [5.74, 6) is 0. The van der Waals surface area contributed by atoms with Crippen LogP contribution in [0.25, 0.3) is 98.1 Å². The summed E-state index contributed by atoms with van der Waals surface area (Å²) in [4.78, 5) is 0. The average Bonchev–Trinajstić information content (AvgIpc) is 3.86. The fourth-order valence-corrected chi connectivity index (χ4v) is 10.1. The number of hydrogen-bond acceptors (Lipinski definition) is 4. The molecule has 2 aromatic heterocycles. The van der Waals surface area contributed by atoms with E-state index >= 15 is 0 Å². The quantitative estimate of drug-likeness (QED) is 0.103. The van der Waals surface area contributed by atoms with Crippen molar-refractivity contribution >= 4 is 154 Å². The monoisotopic (exact) mass is 1030 g/mol. The van der Waals surface area contributed by atoms with Crippen LogP contribution in [-0.2, 0) is 0 Å². The van der Waals surface area contributed by atoms with Gasteiger partial charge in [-0.15, -0.1) is 0 Å². The molecule has 0 aliphatic heterocycles. The molecule has 4 nitrogen and oxygen atoms in total. The molecule has 12 aromatic rings. The van der Waals surface area contributed by atoms with Crippen LogP contribution < -0.4 is 5.46 Å². The zero-order valence-corrected chi connectivity index (χ0v) is 37.1. The Balaban J connectivity index is 0.000000132. The predicted octanol–water partition coefficient (Wildman–Crippen LogP) is 15.6. The first-order valence-corrected chi connectivity index (χ1v) is 22.0. The Morgan fingerprint density at radius 2 is 0.820 bits per heavy atom. The molecule has 0 unspecified atom stereocenters. The van der Waals surface area contributed by atoms with E-state index in [9.17, 15) is 10.0 Å². The summed E-state index contributed by atoms with van der Waals surface area (Å²) in [6, 6.07) is 61.9. The Hall–Kier alpha value is -5.49. The SMILES string of the molecule is Brc1cccc(-c2ccc3oc4c5ccccc5c5ccccc5c4c3c2)c1.Brc1cccc(I)c1.C.OB(O)c1ccc2oc3c4ccccc4c4ccccc4c3c2c1. The topological polar surface area (TPSA) is 66.7 Å². The molecule has 0 radical (unpaired) electrons. The maximum atomic E-state index is 9.50. The molecule has 12 rings (SSSR count).